The summed E-state index contributed by atoms with van der Waals surface area (Å²) >= 11 is 0. The number of carbonyl (C=O) groups excluding carboxylic acids is 1. The lowest BCUT2D eigenvalue weighted by atomic mass is 10.2. The van der Waals surface area contributed by atoms with Gasteiger partial charge in [0.25, 0.3) is 5.91 Å². The van der Waals surface area contributed by atoms with Crippen molar-refractivity contribution in [3.8, 4) is 23.0 Å². The average molecular weight is 409 g/mol. The third-order valence-corrected chi connectivity index (χ3v) is 4.61. The van der Waals surface area contributed by atoms with Gasteiger partial charge in [0, 0.05) is 24.9 Å². The Morgan fingerprint density at radius 1 is 1.30 bits per heavy atom. The molecule has 0 radical (unpaired) electrons. The number of nitrogens with one attached hydrogen (secondary N) is 1. The molecule has 4 rings (SSSR count). The molecule has 1 N–H and O–H groups in total. The number of ether oxygens (including phenoxy) is 3. The maximum atomic E-state index is 12.8. The van der Waals surface area contributed by atoms with Gasteiger partial charge in [0.05, 0.1) is 6.61 Å². The highest BCUT2D eigenvalue weighted by Gasteiger charge is 2.22. The minimum atomic E-state index is -0.332. The minimum absolute atomic E-state index is 0.150. The first-order chi connectivity index (χ1) is 14.5. The van der Waals surface area contributed by atoms with E-state index in [1.807, 2.05) is 18.4 Å². The molecule has 30 heavy (non-hydrogen) atoms. The van der Waals surface area contributed by atoms with Gasteiger partial charge in [-0.2, -0.15) is 0 Å². The van der Waals surface area contributed by atoms with Gasteiger partial charge in [-0.25, -0.2) is 4.98 Å². The molecule has 156 valence electrons. The molecule has 0 spiro atoms. The predicted octanol–water partition coefficient (Wildman–Crippen LogP) is 2.96. The highest BCUT2D eigenvalue weighted by molar-refractivity contribution is 6.03. The highest BCUT2D eigenvalue weighted by atomic mass is 16.6. The SMILES string of the molecule is COCC1COc2cc(NC(=O)c3cccc(-c4nncn4C(C)C)n3)ccc2O1. The van der Waals surface area contributed by atoms with Crippen LogP contribution < -0.4 is 14.8 Å². The number of nitrogens with zero attached hydrogens (tertiary/aromatic N) is 4. The lowest BCUT2D eigenvalue weighted by molar-refractivity contribution is 0.0272. The average Bonchev–Trinajstić information content (AvgIpc) is 3.24. The van der Waals surface area contributed by atoms with Gasteiger partial charge in [-0.15, -0.1) is 10.2 Å². The number of aromatic nitrogens is 4. The van der Waals surface area contributed by atoms with E-state index in [1.165, 1.54) is 0 Å². The number of anilines is 1. The molecular formula is C21H23N5O4. The second kappa shape index (κ2) is 8.50. The van der Waals surface area contributed by atoms with E-state index < -0.39 is 0 Å². The van der Waals surface area contributed by atoms with E-state index in [4.69, 9.17) is 14.2 Å². The smallest absolute Gasteiger partial charge is 0.274 e. The van der Waals surface area contributed by atoms with Crippen molar-refractivity contribution in [3.05, 3.63) is 48.4 Å². The van der Waals surface area contributed by atoms with E-state index >= 15 is 0 Å². The van der Waals surface area contributed by atoms with Crippen LogP contribution in [-0.4, -0.2) is 52.1 Å². The molecule has 0 fully saturated rings. The van der Waals surface area contributed by atoms with Crippen LogP contribution in [0.5, 0.6) is 11.5 Å². The molecule has 9 heteroatoms. The number of benzene rings is 1. The molecular weight excluding hydrogens is 386 g/mol. The zero-order valence-corrected chi connectivity index (χ0v) is 17.0. The largest absolute Gasteiger partial charge is 0.486 e. The van der Waals surface area contributed by atoms with Gasteiger partial charge in [0.15, 0.2) is 23.4 Å². The Hall–Kier alpha value is -3.46. The summed E-state index contributed by atoms with van der Waals surface area (Å²) in [6.07, 6.45) is 1.50. The first kappa shape index (κ1) is 19.8. The van der Waals surface area contributed by atoms with E-state index in [0.29, 0.717) is 41.9 Å². The lowest BCUT2D eigenvalue weighted by Crippen LogP contribution is -2.33. The van der Waals surface area contributed by atoms with Crippen LogP contribution in [-0.2, 0) is 4.74 Å². The third-order valence-electron chi connectivity index (χ3n) is 4.61. The Balaban J connectivity index is 1.50. The molecule has 3 heterocycles. The van der Waals surface area contributed by atoms with Crippen molar-refractivity contribution in [1.29, 1.82) is 0 Å². The molecule has 1 aliphatic rings. The lowest BCUT2D eigenvalue weighted by Gasteiger charge is -2.26. The van der Waals surface area contributed by atoms with Crippen LogP contribution in [0.2, 0.25) is 0 Å². The van der Waals surface area contributed by atoms with E-state index in [9.17, 15) is 4.79 Å². The monoisotopic (exact) mass is 409 g/mol. The van der Waals surface area contributed by atoms with Crippen molar-refractivity contribution < 1.29 is 19.0 Å². The van der Waals surface area contributed by atoms with Crippen molar-refractivity contribution in [2.45, 2.75) is 26.0 Å². The van der Waals surface area contributed by atoms with Gasteiger partial charge in [0.2, 0.25) is 0 Å². The van der Waals surface area contributed by atoms with E-state index in [-0.39, 0.29) is 23.7 Å². The highest BCUT2D eigenvalue weighted by Crippen LogP contribution is 2.34. The van der Waals surface area contributed by atoms with Crippen LogP contribution in [0.1, 0.15) is 30.4 Å². The topological polar surface area (TPSA) is 100 Å². The summed E-state index contributed by atoms with van der Waals surface area (Å²) < 4.78 is 18.5. The quantitative estimate of drug-likeness (QED) is 0.668. The number of hydrogen-bond acceptors (Lipinski definition) is 7. The van der Waals surface area contributed by atoms with Gasteiger partial charge >= 0.3 is 0 Å². The van der Waals surface area contributed by atoms with Gasteiger partial charge in [-0.1, -0.05) is 6.07 Å². The number of methoxy groups -OCH3 is 1. The summed E-state index contributed by atoms with van der Waals surface area (Å²) in [4.78, 5) is 17.2. The zero-order chi connectivity index (χ0) is 21.1. The molecule has 1 unspecified atom stereocenters. The van der Waals surface area contributed by atoms with Gasteiger partial charge < -0.3 is 24.1 Å². The summed E-state index contributed by atoms with van der Waals surface area (Å²) in [5.41, 5.74) is 1.45. The first-order valence-corrected chi connectivity index (χ1v) is 9.66. The standard InChI is InChI=1S/C21H23N5O4/c1-13(2)26-12-22-25-20(26)16-5-4-6-17(24-16)21(27)23-14-7-8-18-19(9-14)29-11-15(30-18)10-28-3/h4-9,12-13,15H,10-11H2,1-3H3,(H,23,27). The summed E-state index contributed by atoms with van der Waals surface area (Å²) in [5, 5.41) is 10.9. The van der Waals surface area contributed by atoms with Crippen LogP contribution in [0.15, 0.2) is 42.7 Å². The Bertz CT molecular complexity index is 1050. The van der Waals surface area contributed by atoms with E-state index in [1.54, 1.807) is 49.8 Å². The van der Waals surface area contributed by atoms with Crippen molar-refractivity contribution >= 4 is 11.6 Å². The molecule has 1 atom stereocenters. The fourth-order valence-corrected chi connectivity index (χ4v) is 3.15. The molecule has 0 bridgehead atoms. The Morgan fingerprint density at radius 3 is 2.97 bits per heavy atom. The van der Waals surface area contributed by atoms with Crippen LogP contribution in [0.4, 0.5) is 5.69 Å². The number of amides is 1. The zero-order valence-electron chi connectivity index (χ0n) is 17.0. The van der Waals surface area contributed by atoms with E-state index in [0.717, 1.165) is 0 Å². The summed E-state index contributed by atoms with van der Waals surface area (Å²) in [6.45, 7) is 4.90. The maximum Gasteiger partial charge on any atom is 0.274 e. The fraction of sp³-hybridized carbons (Fsp3) is 0.333. The number of hydrogen-bond donors (Lipinski definition) is 1. The van der Waals surface area contributed by atoms with Gasteiger partial charge in [0.1, 0.15) is 24.3 Å². The Kier molecular flexibility index (Phi) is 5.62. The fourth-order valence-electron chi connectivity index (χ4n) is 3.15. The van der Waals surface area contributed by atoms with Crippen molar-refractivity contribution in [3.63, 3.8) is 0 Å². The van der Waals surface area contributed by atoms with Crippen LogP contribution in [0, 0.1) is 0 Å². The van der Waals surface area contributed by atoms with Crippen molar-refractivity contribution in [2.75, 3.05) is 25.6 Å². The van der Waals surface area contributed by atoms with Crippen LogP contribution in [0.3, 0.4) is 0 Å². The van der Waals surface area contributed by atoms with Crippen LogP contribution in [0.25, 0.3) is 11.5 Å². The summed E-state index contributed by atoms with van der Waals surface area (Å²) in [7, 11) is 1.62. The molecule has 9 nitrogen and oxygen atoms in total. The van der Waals surface area contributed by atoms with E-state index in [2.05, 4.69) is 20.5 Å². The second-order valence-electron chi connectivity index (χ2n) is 7.19. The molecule has 1 aromatic carbocycles. The van der Waals surface area contributed by atoms with Gasteiger partial charge in [-0.3, -0.25) is 4.79 Å². The molecule has 0 saturated carbocycles. The number of pyridine rings is 1. The Morgan fingerprint density at radius 2 is 2.17 bits per heavy atom. The third kappa shape index (κ3) is 4.11. The number of carbonyl (C=O) groups is 1. The number of fused-ring (bicyclic) bond motifs is 1. The van der Waals surface area contributed by atoms with Crippen molar-refractivity contribution in [2.24, 2.45) is 0 Å². The molecule has 0 aliphatic carbocycles. The Labute approximate surface area is 174 Å². The molecule has 2 aromatic heterocycles. The van der Waals surface area contributed by atoms with Crippen LogP contribution >= 0.6 is 0 Å². The summed E-state index contributed by atoms with van der Waals surface area (Å²) in [5.74, 6) is 1.48. The van der Waals surface area contributed by atoms with Crippen molar-refractivity contribution in [1.82, 2.24) is 19.7 Å². The maximum absolute atomic E-state index is 12.8. The molecule has 3 aromatic rings. The first-order valence-electron chi connectivity index (χ1n) is 9.66. The second-order valence-corrected chi connectivity index (χ2v) is 7.19. The normalized spacial score (nSPS) is 15.3. The molecule has 0 saturated heterocycles. The minimum Gasteiger partial charge on any atom is -0.486 e. The molecule has 1 aliphatic heterocycles. The number of rotatable bonds is 6. The summed E-state index contributed by atoms with van der Waals surface area (Å²) in [6, 6.07) is 10.7. The van der Waals surface area contributed by atoms with Gasteiger partial charge in [-0.05, 0) is 38.1 Å². The predicted molar refractivity (Wildman–Crippen MR) is 110 cm³/mol. The molecule has 1 amide bonds.